The third-order valence-electron chi connectivity index (χ3n) is 2.58. The molecule has 0 atom stereocenters. The Bertz CT molecular complexity index is 505. The molecule has 1 saturated heterocycles. The van der Waals surface area contributed by atoms with Gasteiger partial charge in [-0.3, -0.25) is 9.59 Å². The smallest absolute Gasteiger partial charge is 0.253 e. The van der Waals surface area contributed by atoms with Crippen molar-refractivity contribution in [3.63, 3.8) is 0 Å². The van der Waals surface area contributed by atoms with E-state index in [4.69, 9.17) is 10.00 Å². The van der Waals surface area contributed by atoms with Crippen LogP contribution in [0.5, 0.6) is 0 Å². The van der Waals surface area contributed by atoms with E-state index >= 15 is 0 Å². The van der Waals surface area contributed by atoms with Crippen molar-refractivity contribution < 1.29 is 14.3 Å². The van der Waals surface area contributed by atoms with Crippen LogP contribution in [0, 0.1) is 11.3 Å². The highest BCUT2D eigenvalue weighted by atomic mass is 16.5. The monoisotopic (exact) mass is 230 g/mol. The molecule has 86 valence electrons. The average Bonchev–Trinajstić information content (AvgIpc) is 2.38. The van der Waals surface area contributed by atoms with Crippen LogP contribution in [0.25, 0.3) is 0 Å². The zero-order chi connectivity index (χ0) is 12.3. The maximum atomic E-state index is 11.6. The lowest BCUT2D eigenvalue weighted by Gasteiger charge is -2.27. The fraction of sp³-hybridized carbons (Fsp3) is 0.250. The summed E-state index contributed by atoms with van der Waals surface area (Å²) in [4.78, 5) is 23.8. The van der Waals surface area contributed by atoms with Gasteiger partial charge in [-0.1, -0.05) is 0 Å². The number of aldehydes is 1. The molecular formula is C12H10N2O3. The van der Waals surface area contributed by atoms with Crippen molar-refractivity contribution in [1.82, 2.24) is 0 Å². The predicted octanol–water partition coefficient (Wildman–Crippen LogP) is 0.734. The van der Waals surface area contributed by atoms with E-state index in [0.29, 0.717) is 30.7 Å². The summed E-state index contributed by atoms with van der Waals surface area (Å²) >= 11 is 0. The van der Waals surface area contributed by atoms with Crippen LogP contribution >= 0.6 is 0 Å². The fourth-order valence-corrected chi connectivity index (χ4v) is 1.70. The van der Waals surface area contributed by atoms with Gasteiger partial charge in [0.05, 0.1) is 18.2 Å². The maximum absolute atomic E-state index is 11.6. The van der Waals surface area contributed by atoms with Crippen molar-refractivity contribution in [3.05, 3.63) is 29.3 Å². The van der Waals surface area contributed by atoms with Crippen LogP contribution < -0.4 is 4.90 Å². The Morgan fingerprint density at radius 1 is 1.47 bits per heavy atom. The Morgan fingerprint density at radius 2 is 2.29 bits per heavy atom. The van der Waals surface area contributed by atoms with E-state index < -0.39 is 0 Å². The molecule has 1 fully saturated rings. The standard InChI is InChI=1S/C12H10N2O3/c13-6-10-5-11(2-1-9(10)7-15)14-3-4-17-8-12(14)16/h1-2,5,7H,3-4,8H2. The molecule has 5 nitrogen and oxygen atoms in total. The molecule has 1 aromatic carbocycles. The lowest BCUT2D eigenvalue weighted by molar-refractivity contribution is -0.125. The largest absolute Gasteiger partial charge is 0.370 e. The molecule has 1 heterocycles. The number of hydrogen-bond acceptors (Lipinski definition) is 4. The number of nitriles is 1. The molecule has 0 spiro atoms. The normalized spacial score (nSPS) is 15.5. The summed E-state index contributed by atoms with van der Waals surface area (Å²) in [5.74, 6) is -0.140. The second-order valence-corrected chi connectivity index (χ2v) is 3.60. The number of hydrogen-bond donors (Lipinski definition) is 0. The number of amides is 1. The second-order valence-electron chi connectivity index (χ2n) is 3.60. The summed E-state index contributed by atoms with van der Waals surface area (Å²) < 4.78 is 5.02. The predicted molar refractivity (Wildman–Crippen MR) is 59.7 cm³/mol. The van der Waals surface area contributed by atoms with Crippen LogP contribution in [0.2, 0.25) is 0 Å². The van der Waals surface area contributed by atoms with E-state index in [9.17, 15) is 9.59 Å². The van der Waals surface area contributed by atoms with Crippen molar-refractivity contribution in [2.24, 2.45) is 0 Å². The number of benzene rings is 1. The van der Waals surface area contributed by atoms with Crippen molar-refractivity contribution >= 4 is 17.9 Å². The van der Waals surface area contributed by atoms with Gasteiger partial charge in [0, 0.05) is 17.8 Å². The fourth-order valence-electron chi connectivity index (χ4n) is 1.70. The van der Waals surface area contributed by atoms with Crippen LogP contribution in [0.3, 0.4) is 0 Å². The van der Waals surface area contributed by atoms with E-state index in [-0.39, 0.29) is 18.1 Å². The van der Waals surface area contributed by atoms with Gasteiger partial charge in [0.25, 0.3) is 5.91 Å². The summed E-state index contributed by atoms with van der Waals surface area (Å²) in [6.07, 6.45) is 0.628. The summed E-state index contributed by atoms with van der Waals surface area (Å²) in [7, 11) is 0. The third kappa shape index (κ3) is 2.17. The zero-order valence-corrected chi connectivity index (χ0v) is 9.05. The van der Waals surface area contributed by atoms with Crippen molar-refractivity contribution in [1.29, 1.82) is 5.26 Å². The molecule has 2 rings (SSSR count). The van der Waals surface area contributed by atoms with Gasteiger partial charge in [-0.25, -0.2) is 0 Å². The van der Waals surface area contributed by atoms with Crippen LogP contribution in [0.15, 0.2) is 18.2 Å². The van der Waals surface area contributed by atoms with Gasteiger partial charge in [-0.15, -0.1) is 0 Å². The minimum absolute atomic E-state index is 0.0529. The molecule has 0 N–H and O–H groups in total. The van der Waals surface area contributed by atoms with Crippen LogP contribution in [-0.4, -0.2) is 32.0 Å². The zero-order valence-electron chi connectivity index (χ0n) is 9.05. The minimum Gasteiger partial charge on any atom is -0.370 e. The van der Waals surface area contributed by atoms with E-state index in [1.165, 1.54) is 0 Å². The van der Waals surface area contributed by atoms with Crippen LogP contribution in [0.1, 0.15) is 15.9 Å². The molecule has 0 saturated carbocycles. The minimum atomic E-state index is -0.140. The number of nitrogens with zero attached hydrogens (tertiary/aromatic N) is 2. The Kier molecular flexibility index (Phi) is 3.17. The number of morpholine rings is 1. The van der Waals surface area contributed by atoms with E-state index in [1.807, 2.05) is 6.07 Å². The molecule has 1 aromatic rings. The summed E-state index contributed by atoms with van der Waals surface area (Å²) in [6, 6.07) is 6.69. The first-order chi connectivity index (χ1) is 8.26. The Hall–Kier alpha value is -2.19. The first-order valence-electron chi connectivity index (χ1n) is 5.13. The van der Waals surface area contributed by atoms with Gasteiger partial charge in [-0.2, -0.15) is 5.26 Å². The van der Waals surface area contributed by atoms with Gasteiger partial charge in [0.15, 0.2) is 6.29 Å². The Morgan fingerprint density at radius 3 is 2.94 bits per heavy atom. The molecule has 1 aliphatic rings. The molecular weight excluding hydrogens is 220 g/mol. The van der Waals surface area contributed by atoms with E-state index in [0.717, 1.165) is 0 Å². The summed E-state index contributed by atoms with van der Waals surface area (Å²) in [5.41, 5.74) is 1.23. The Labute approximate surface area is 98.2 Å². The van der Waals surface area contributed by atoms with Gasteiger partial charge >= 0.3 is 0 Å². The van der Waals surface area contributed by atoms with Gasteiger partial charge in [0.2, 0.25) is 0 Å². The number of ether oxygens (including phenoxy) is 1. The molecule has 0 unspecified atom stereocenters. The van der Waals surface area contributed by atoms with Crippen molar-refractivity contribution in [3.8, 4) is 6.07 Å². The van der Waals surface area contributed by atoms with Gasteiger partial charge in [-0.05, 0) is 18.2 Å². The molecule has 0 radical (unpaired) electrons. The maximum Gasteiger partial charge on any atom is 0.253 e. The molecule has 17 heavy (non-hydrogen) atoms. The summed E-state index contributed by atoms with van der Waals surface area (Å²) in [5, 5.41) is 8.90. The highest BCUT2D eigenvalue weighted by molar-refractivity contribution is 5.95. The third-order valence-corrected chi connectivity index (χ3v) is 2.58. The van der Waals surface area contributed by atoms with Crippen LogP contribution in [0.4, 0.5) is 5.69 Å². The molecule has 1 aliphatic heterocycles. The van der Waals surface area contributed by atoms with Gasteiger partial charge < -0.3 is 9.64 Å². The lowest BCUT2D eigenvalue weighted by Crippen LogP contribution is -2.41. The van der Waals surface area contributed by atoms with E-state index in [1.54, 1.807) is 23.1 Å². The molecule has 0 aromatic heterocycles. The Balaban J connectivity index is 2.36. The second kappa shape index (κ2) is 4.76. The number of rotatable bonds is 2. The lowest BCUT2D eigenvalue weighted by atomic mass is 10.1. The molecule has 1 amide bonds. The topological polar surface area (TPSA) is 70.4 Å². The molecule has 0 bridgehead atoms. The van der Waals surface area contributed by atoms with Crippen LogP contribution in [-0.2, 0) is 9.53 Å². The SMILES string of the molecule is N#Cc1cc(N2CCOCC2=O)ccc1C=O. The first-order valence-corrected chi connectivity index (χ1v) is 5.13. The van der Waals surface area contributed by atoms with Gasteiger partial charge in [0.1, 0.15) is 6.61 Å². The number of carbonyl (C=O) groups excluding carboxylic acids is 2. The highest BCUT2D eigenvalue weighted by Crippen LogP contribution is 2.20. The molecule has 5 heteroatoms. The van der Waals surface area contributed by atoms with E-state index in [2.05, 4.69) is 0 Å². The molecule has 0 aliphatic carbocycles. The summed E-state index contributed by atoms with van der Waals surface area (Å²) in [6.45, 7) is 0.991. The van der Waals surface area contributed by atoms with Crippen molar-refractivity contribution in [2.45, 2.75) is 0 Å². The quantitative estimate of drug-likeness (QED) is 0.702. The average molecular weight is 230 g/mol. The van der Waals surface area contributed by atoms with Crippen molar-refractivity contribution in [2.75, 3.05) is 24.7 Å². The highest BCUT2D eigenvalue weighted by Gasteiger charge is 2.20. The number of carbonyl (C=O) groups is 2. The number of anilines is 1. The first kappa shape index (κ1) is 11.3.